The van der Waals surface area contributed by atoms with Gasteiger partial charge in [0.1, 0.15) is 11.5 Å². The van der Waals surface area contributed by atoms with Crippen LogP contribution in [0.2, 0.25) is 0 Å². The van der Waals surface area contributed by atoms with Crippen molar-refractivity contribution < 1.29 is 23.8 Å². The molecule has 1 amide bonds. The van der Waals surface area contributed by atoms with Gasteiger partial charge in [-0.15, -0.1) is 0 Å². The monoisotopic (exact) mass is 457 g/mol. The fraction of sp³-hybridized carbons (Fsp3) is 0.286. The number of furan rings is 1. The first kappa shape index (κ1) is 22.0. The van der Waals surface area contributed by atoms with E-state index in [-0.39, 0.29) is 17.3 Å². The van der Waals surface area contributed by atoms with Gasteiger partial charge in [-0.2, -0.15) is 0 Å². The average Bonchev–Trinajstić information content (AvgIpc) is 3.52. The number of methoxy groups -OCH3 is 1. The summed E-state index contributed by atoms with van der Waals surface area (Å²) in [5.74, 6) is 0.173. The Morgan fingerprint density at radius 3 is 2.32 bits per heavy atom. The van der Waals surface area contributed by atoms with Gasteiger partial charge in [-0.25, -0.2) is 0 Å². The largest absolute Gasteiger partial charge is 0.503 e. The molecule has 2 heterocycles. The molecule has 2 aliphatic rings. The number of hydrogen-bond acceptors (Lipinski definition) is 5. The summed E-state index contributed by atoms with van der Waals surface area (Å²) in [5, 5.41) is 11.0. The minimum atomic E-state index is -0.529. The molecule has 1 aliphatic heterocycles. The second-order valence-electron chi connectivity index (χ2n) is 8.86. The molecular weight excluding hydrogens is 430 g/mol. The van der Waals surface area contributed by atoms with E-state index in [2.05, 4.69) is 0 Å². The molecule has 6 nitrogen and oxygen atoms in total. The summed E-state index contributed by atoms with van der Waals surface area (Å²) in [7, 11) is 1.56. The van der Waals surface area contributed by atoms with Crippen LogP contribution in [0.15, 0.2) is 82.7 Å². The zero-order chi connectivity index (χ0) is 23.7. The zero-order valence-corrected chi connectivity index (χ0v) is 19.1. The van der Waals surface area contributed by atoms with Crippen molar-refractivity contribution in [3.8, 4) is 17.1 Å². The number of anilines is 1. The van der Waals surface area contributed by atoms with E-state index in [0.29, 0.717) is 17.0 Å². The average molecular weight is 458 g/mol. The Morgan fingerprint density at radius 2 is 1.71 bits per heavy atom. The van der Waals surface area contributed by atoms with Gasteiger partial charge in [0.05, 0.1) is 25.0 Å². The maximum absolute atomic E-state index is 13.6. The Kier molecular flexibility index (Phi) is 5.97. The van der Waals surface area contributed by atoms with Gasteiger partial charge in [0.15, 0.2) is 11.5 Å². The summed E-state index contributed by atoms with van der Waals surface area (Å²) in [6, 6.07) is 17.4. The first-order valence-corrected chi connectivity index (χ1v) is 11.7. The highest BCUT2D eigenvalue weighted by Gasteiger charge is 2.47. The molecule has 1 fully saturated rings. The van der Waals surface area contributed by atoms with E-state index < -0.39 is 17.7 Å². The van der Waals surface area contributed by atoms with Crippen LogP contribution in [0.5, 0.6) is 5.75 Å². The van der Waals surface area contributed by atoms with Gasteiger partial charge in [-0.05, 0) is 79.4 Å². The molecule has 0 radical (unpaired) electrons. The minimum absolute atomic E-state index is 0.101. The molecule has 1 saturated carbocycles. The lowest BCUT2D eigenvalue weighted by molar-refractivity contribution is -0.117. The number of ether oxygens (including phenoxy) is 1. The Balaban J connectivity index is 1.53. The van der Waals surface area contributed by atoms with Gasteiger partial charge in [0.25, 0.3) is 5.91 Å². The Labute approximate surface area is 198 Å². The van der Waals surface area contributed by atoms with E-state index in [1.54, 1.807) is 42.5 Å². The topological polar surface area (TPSA) is 80.0 Å². The SMILES string of the molecule is COc1ccc(C(=O)C2=C(O)C(=O)N(c3ccc(-c4ccco4)cc3)C2C2CCCCC2)cc1. The van der Waals surface area contributed by atoms with Gasteiger partial charge in [0.2, 0.25) is 0 Å². The van der Waals surface area contributed by atoms with Gasteiger partial charge < -0.3 is 14.3 Å². The molecule has 2 aromatic carbocycles. The van der Waals surface area contributed by atoms with Crippen molar-refractivity contribution in [2.75, 3.05) is 12.0 Å². The van der Waals surface area contributed by atoms with Crippen molar-refractivity contribution >= 4 is 17.4 Å². The molecule has 1 atom stereocenters. The van der Waals surface area contributed by atoms with Crippen LogP contribution in [0.3, 0.4) is 0 Å². The number of carbonyl (C=O) groups excluding carboxylic acids is 2. The first-order chi connectivity index (χ1) is 16.6. The molecule has 5 rings (SSSR count). The number of amides is 1. The summed E-state index contributed by atoms with van der Waals surface area (Å²) in [6.45, 7) is 0. The highest BCUT2D eigenvalue weighted by molar-refractivity contribution is 6.20. The number of nitrogens with zero attached hydrogens (tertiary/aromatic N) is 1. The zero-order valence-electron chi connectivity index (χ0n) is 19.1. The van der Waals surface area contributed by atoms with E-state index in [9.17, 15) is 14.7 Å². The van der Waals surface area contributed by atoms with Gasteiger partial charge in [-0.1, -0.05) is 19.3 Å². The van der Waals surface area contributed by atoms with E-state index in [1.165, 1.54) is 0 Å². The van der Waals surface area contributed by atoms with Crippen molar-refractivity contribution in [1.82, 2.24) is 0 Å². The van der Waals surface area contributed by atoms with Crippen LogP contribution in [0, 0.1) is 5.92 Å². The van der Waals surface area contributed by atoms with Crippen LogP contribution in [-0.2, 0) is 4.79 Å². The van der Waals surface area contributed by atoms with E-state index in [4.69, 9.17) is 9.15 Å². The number of hydrogen-bond donors (Lipinski definition) is 1. The normalized spacial score (nSPS) is 19.0. The molecule has 1 aromatic heterocycles. The van der Waals surface area contributed by atoms with Crippen molar-refractivity contribution in [2.45, 2.75) is 38.1 Å². The van der Waals surface area contributed by atoms with Crippen molar-refractivity contribution in [3.63, 3.8) is 0 Å². The molecule has 174 valence electrons. The van der Waals surface area contributed by atoms with Crippen LogP contribution in [0.1, 0.15) is 42.5 Å². The highest BCUT2D eigenvalue weighted by atomic mass is 16.5. The summed E-state index contributed by atoms with van der Waals surface area (Å²) in [5.41, 5.74) is 2.16. The third-order valence-electron chi connectivity index (χ3n) is 6.89. The molecule has 0 saturated heterocycles. The standard InChI is InChI=1S/C28H27NO5/c1-33-22-15-11-20(12-16-22)26(30)24-25(19-6-3-2-4-7-19)29(28(32)27(24)31)21-13-9-18(10-14-21)23-8-5-17-34-23/h5,8-17,19,25,31H,2-4,6-7H2,1H3. The lowest BCUT2D eigenvalue weighted by Crippen LogP contribution is -2.42. The molecule has 1 unspecified atom stereocenters. The molecular formula is C28H27NO5. The lowest BCUT2D eigenvalue weighted by Gasteiger charge is -2.35. The Hall–Kier alpha value is -3.80. The smallest absolute Gasteiger partial charge is 0.294 e. The first-order valence-electron chi connectivity index (χ1n) is 11.7. The van der Waals surface area contributed by atoms with Crippen molar-refractivity contribution in [1.29, 1.82) is 0 Å². The second kappa shape index (κ2) is 9.21. The highest BCUT2D eigenvalue weighted by Crippen LogP contribution is 2.41. The molecule has 1 N–H and O–H groups in total. The third-order valence-corrected chi connectivity index (χ3v) is 6.89. The van der Waals surface area contributed by atoms with Crippen LogP contribution < -0.4 is 9.64 Å². The molecule has 0 bridgehead atoms. The van der Waals surface area contributed by atoms with E-state index >= 15 is 0 Å². The minimum Gasteiger partial charge on any atom is -0.503 e. The predicted molar refractivity (Wildman–Crippen MR) is 129 cm³/mol. The van der Waals surface area contributed by atoms with Crippen molar-refractivity contribution in [3.05, 3.63) is 83.8 Å². The van der Waals surface area contributed by atoms with Crippen molar-refractivity contribution in [2.24, 2.45) is 5.92 Å². The summed E-state index contributed by atoms with van der Waals surface area (Å²) in [6.07, 6.45) is 6.67. The summed E-state index contributed by atoms with van der Waals surface area (Å²) >= 11 is 0. The number of ketones is 1. The second-order valence-corrected chi connectivity index (χ2v) is 8.86. The van der Waals surface area contributed by atoms with Gasteiger partial charge in [0, 0.05) is 16.8 Å². The van der Waals surface area contributed by atoms with E-state index in [0.717, 1.165) is 43.4 Å². The van der Waals surface area contributed by atoms with Gasteiger partial charge >= 0.3 is 0 Å². The van der Waals surface area contributed by atoms with E-state index in [1.807, 2.05) is 36.4 Å². The fourth-order valence-electron chi connectivity index (χ4n) is 5.17. The number of aliphatic hydroxyl groups is 1. The van der Waals surface area contributed by atoms with Crippen LogP contribution in [0.4, 0.5) is 5.69 Å². The number of rotatable bonds is 6. The predicted octanol–water partition coefficient (Wildman–Crippen LogP) is 5.95. The number of aliphatic hydroxyl groups excluding tert-OH is 1. The third kappa shape index (κ3) is 3.89. The van der Waals surface area contributed by atoms with Crippen LogP contribution in [-0.4, -0.2) is 29.9 Å². The number of benzene rings is 2. The summed E-state index contributed by atoms with van der Waals surface area (Å²) < 4.78 is 10.7. The maximum atomic E-state index is 13.6. The van der Waals surface area contributed by atoms with Crippen LogP contribution in [0.25, 0.3) is 11.3 Å². The van der Waals surface area contributed by atoms with Crippen LogP contribution >= 0.6 is 0 Å². The lowest BCUT2D eigenvalue weighted by atomic mass is 9.79. The molecule has 1 aliphatic carbocycles. The Morgan fingerprint density at radius 1 is 1.00 bits per heavy atom. The van der Waals surface area contributed by atoms with Gasteiger partial charge in [-0.3, -0.25) is 14.5 Å². The quantitative estimate of drug-likeness (QED) is 0.463. The molecule has 34 heavy (non-hydrogen) atoms. The molecule has 3 aromatic rings. The molecule has 0 spiro atoms. The number of carbonyl (C=O) groups is 2. The molecule has 6 heteroatoms. The number of Topliss-reactive ketones (excluding diaryl/α,β-unsaturated/α-hetero) is 1. The Bertz CT molecular complexity index is 1200. The fourth-order valence-corrected chi connectivity index (χ4v) is 5.17. The maximum Gasteiger partial charge on any atom is 0.294 e. The summed E-state index contributed by atoms with van der Waals surface area (Å²) in [4.78, 5) is 28.5.